The zero-order valence-electron chi connectivity index (χ0n) is 9.28. The Hall–Kier alpha value is -2.06. The lowest BCUT2D eigenvalue weighted by atomic mass is 10.2. The van der Waals surface area contributed by atoms with Crippen molar-refractivity contribution in [2.75, 3.05) is 12.3 Å². The fourth-order valence-corrected chi connectivity index (χ4v) is 2.64. The molecule has 0 aliphatic heterocycles. The molecule has 2 aromatic heterocycles. The lowest BCUT2D eigenvalue weighted by molar-refractivity contribution is 0.0963. The van der Waals surface area contributed by atoms with E-state index in [1.807, 2.05) is 13.0 Å². The van der Waals surface area contributed by atoms with Crippen LogP contribution in [0.5, 0.6) is 0 Å². The Bertz CT molecular complexity index is 624. The van der Waals surface area contributed by atoms with Gasteiger partial charge in [0.2, 0.25) is 0 Å². The van der Waals surface area contributed by atoms with Crippen molar-refractivity contribution in [2.45, 2.75) is 6.92 Å². The van der Waals surface area contributed by atoms with E-state index in [9.17, 15) is 4.79 Å². The molecule has 0 bridgehead atoms. The van der Waals surface area contributed by atoms with Crippen molar-refractivity contribution in [1.29, 1.82) is 0 Å². The first-order valence-corrected chi connectivity index (χ1v) is 5.82. The molecule has 0 radical (unpaired) electrons. The summed E-state index contributed by atoms with van der Waals surface area (Å²) in [7, 11) is 0. The van der Waals surface area contributed by atoms with Crippen LogP contribution in [0.1, 0.15) is 15.2 Å². The van der Waals surface area contributed by atoms with Crippen molar-refractivity contribution >= 4 is 33.1 Å². The number of carbonyl (C=O) groups is 1. The van der Waals surface area contributed by atoms with E-state index in [4.69, 9.17) is 12.2 Å². The molecular formula is C12H11N3OS. The van der Waals surface area contributed by atoms with Crippen molar-refractivity contribution < 1.29 is 4.79 Å². The van der Waals surface area contributed by atoms with Crippen LogP contribution >= 0.6 is 11.3 Å². The highest BCUT2D eigenvalue weighted by molar-refractivity contribution is 7.21. The second-order valence-electron chi connectivity index (χ2n) is 3.54. The number of carbonyl (C=O) groups excluding carboxylic acids is 1. The van der Waals surface area contributed by atoms with Gasteiger partial charge in [0.1, 0.15) is 9.71 Å². The summed E-state index contributed by atoms with van der Waals surface area (Å²) in [4.78, 5) is 17.2. The maximum atomic E-state index is 11.8. The Morgan fingerprint density at radius 1 is 1.71 bits per heavy atom. The first-order valence-electron chi connectivity index (χ1n) is 5.00. The molecule has 0 saturated heterocycles. The Kier molecular flexibility index (Phi) is 2.98. The van der Waals surface area contributed by atoms with Gasteiger partial charge in [0.25, 0.3) is 5.91 Å². The molecule has 3 N–H and O–H groups in total. The van der Waals surface area contributed by atoms with E-state index >= 15 is 0 Å². The average Bonchev–Trinajstić information content (AvgIpc) is 2.65. The van der Waals surface area contributed by atoms with E-state index in [0.29, 0.717) is 10.6 Å². The number of anilines is 1. The lowest BCUT2D eigenvalue weighted by Crippen LogP contribution is -2.23. The van der Waals surface area contributed by atoms with Gasteiger partial charge in [0.15, 0.2) is 0 Å². The van der Waals surface area contributed by atoms with Gasteiger partial charge in [0.05, 0.1) is 12.2 Å². The molecule has 86 valence electrons. The third-order valence-corrected chi connectivity index (χ3v) is 3.51. The summed E-state index contributed by atoms with van der Waals surface area (Å²) in [6.45, 7) is 2.13. The van der Waals surface area contributed by atoms with E-state index in [1.165, 1.54) is 11.3 Å². The van der Waals surface area contributed by atoms with Gasteiger partial charge in [0, 0.05) is 11.6 Å². The SMILES string of the molecule is C#CCNC(=O)c1sc2nccc(C)c2c1N. The fourth-order valence-electron chi connectivity index (χ4n) is 1.58. The molecule has 0 aromatic carbocycles. The van der Waals surface area contributed by atoms with Crippen molar-refractivity contribution in [2.24, 2.45) is 0 Å². The standard InChI is InChI=1S/C12H11N3OS/c1-3-5-14-11(16)10-9(13)8-7(2)4-6-15-12(8)17-10/h1,4,6H,5,13H2,2H3,(H,14,16). The van der Waals surface area contributed by atoms with E-state index in [1.54, 1.807) is 6.20 Å². The highest BCUT2D eigenvalue weighted by Gasteiger charge is 2.17. The maximum Gasteiger partial charge on any atom is 0.264 e. The third-order valence-electron chi connectivity index (χ3n) is 2.39. The van der Waals surface area contributed by atoms with Gasteiger partial charge in [-0.1, -0.05) is 5.92 Å². The molecular weight excluding hydrogens is 234 g/mol. The van der Waals surface area contributed by atoms with Crippen LogP contribution in [0.15, 0.2) is 12.3 Å². The van der Waals surface area contributed by atoms with Gasteiger partial charge < -0.3 is 11.1 Å². The maximum absolute atomic E-state index is 11.8. The number of nitrogens with one attached hydrogen (secondary N) is 1. The predicted octanol–water partition coefficient (Wildman–Crippen LogP) is 1.55. The Morgan fingerprint density at radius 3 is 3.12 bits per heavy atom. The second kappa shape index (κ2) is 4.44. The van der Waals surface area contributed by atoms with Crippen LogP contribution in [0.3, 0.4) is 0 Å². The smallest absolute Gasteiger partial charge is 0.264 e. The highest BCUT2D eigenvalue weighted by atomic mass is 32.1. The summed E-state index contributed by atoms with van der Waals surface area (Å²) >= 11 is 1.28. The van der Waals surface area contributed by atoms with E-state index in [-0.39, 0.29) is 12.5 Å². The van der Waals surface area contributed by atoms with E-state index in [2.05, 4.69) is 16.2 Å². The Morgan fingerprint density at radius 2 is 2.47 bits per heavy atom. The van der Waals surface area contributed by atoms with Crippen molar-refractivity contribution in [3.63, 3.8) is 0 Å². The lowest BCUT2D eigenvalue weighted by Gasteiger charge is -2.00. The van der Waals surface area contributed by atoms with Gasteiger partial charge in [-0.3, -0.25) is 4.79 Å². The van der Waals surface area contributed by atoms with Crippen LogP contribution in [-0.2, 0) is 0 Å². The number of nitrogens with two attached hydrogens (primary N) is 1. The zero-order valence-corrected chi connectivity index (χ0v) is 10.1. The summed E-state index contributed by atoms with van der Waals surface area (Å²) in [6.07, 6.45) is 6.79. The summed E-state index contributed by atoms with van der Waals surface area (Å²) in [5, 5.41) is 3.45. The monoisotopic (exact) mass is 245 g/mol. The largest absolute Gasteiger partial charge is 0.397 e. The van der Waals surface area contributed by atoms with Crippen LogP contribution in [0, 0.1) is 19.3 Å². The number of hydrogen-bond donors (Lipinski definition) is 2. The molecule has 0 fully saturated rings. The van der Waals surface area contributed by atoms with Crippen molar-refractivity contribution in [3.8, 4) is 12.3 Å². The third kappa shape index (κ3) is 1.95. The average molecular weight is 245 g/mol. The molecule has 5 heteroatoms. The molecule has 1 amide bonds. The number of pyridine rings is 1. The number of amides is 1. The number of fused-ring (bicyclic) bond motifs is 1. The molecule has 2 rings (SSSR count). The van der Waals surface area contributed by atoms with Gasteiger partial charge in [-0.25, -0.2) is 4.98 Å². The number of nitrogen functional groups attached to an aromatic ring is 1. The molecule has 0 aliphatic rings. The minimum atomic E-state index is -0.247. The van der Waals surface area contributed by atoms with E-state index in [0.717, 1.165) is 15.8 Å². The summed E-state index contributed by atoms with van der Waals surface area (Å²) in [5.41, 5.74) is 7.46. The summed E-state index contributed by atoms with van der Waals surface area (Å²) < 4.78 is 0. The van der Waals surface area contributed by atoms with Crippen LogP contribution < -0.4 is 11.1 Å². The Labute approximate surface area is 103 Å². The predicted molar refractivity (Wildman–Crippen MR) is 69.9 cm³/mol. The minimum absolute atomic E-state index is 0.193. The second-order valence-corrected chi connectivity index (χ2v) is 4.54. The first kappa shape index (κ1) is 11.4. The molecule has 0 saturated carbocycles. The first-order chi connectivity index (χ1) is 8.15. The number of aromatic nitrogens is 1. The molecule has 0 unspecified atom stereocenters. The quantitative estimate of drug-likeness (QED) is 0.789. The van der Waals surface area contributed by atoms with Crippen molar-refractivity contribution in [1.82, 2.24) is 10.3 Å². The van der Waals surface area contributed by atoms with Crippen LogP contribution in [0.25, 0.3) is 10.2 Å². The Balaban J connectivity index is 2.50. The number of nitrogens with zero attached hydrogens (tertiary/aromatic N) is 1. The van der Waals surface area contributed by atoms with Gasteiger partial charge in [-0.15, -0.1) is 17.8 Å². The van der Waals surface area contributed by atoms with Crippen LogP contribution in [0.2, 0.25) is 0 Å². The molecule has 4 nitrogen and oxygen atoms in total. The van der Waals surface area contributed by atoms with Crippen LogP contribution in [0.4, 0.5) is 5.69 Å². The fraction of sp³-hybridized carbons (Fsp3) is 0.167. The number of terminal acetylenes is 1. The molecule has 0 atom stereocenters. The normalized spacial score (nSPS) is 10.1. The topological polar surface area (TPSA) is 68.0 Å². The van der Waals surface area contributed by atoms with Gasteiger partial charge in [-0.05, 0) is 18.6 Å². The van der Waals surface area contributed by atoms with Crippen molar-refractivity contribution in [3.05, 3.63) is 22.7 Å². The highest BCUT2D eigenvalue weighted by Crippen LogP contribution is 2.33. The van der Waals surface area contributed by atoms with Gasteiger partial charge >= 0.3 is 0 Å². The zero-order chi connectivity index (χ0) is 12.4. The van der Waals surface area contributed by atoms with E-state index < -0.39 is 0 Å². The van der Waals surface area contributed by atoms with Crippen LogP contribution in [-0.4, -0.2) is 17.4 Å². The molecule has 0 spiro atoms. The minimum Gasteiger partial charge on any atom is -0.397 e. The molecule has 2 heterocycles. The summed E-state index contributed by atoms with van der Waals surface area (Å²) in [5.74, 6) is 2.10. The molecule has 2 aromatic rings. The number of aryl methyl sites for hydroxylation is 1. The molecule has 0 aliphatic carbocycles. The number of hydrogen-bond acceptors (Lipinski definition) is 4. The number of rotatable bonds is 2. The van der Waals surface area contributed by atoms with Gasteiger partial charge in [-0.2, -0.15) is 0 Å². The summed E-state index contributed by atoms with van der Waals surface area (Å²) in [6, 6.07) is 1.87. The number of thiophene rings is 1. The molecule has 17 heavy (non-hydrogen) atoms.